The van der Waals surface area contributed by atoms with Crippen LogP contribution in [0.5, 0.6) is 0 Å². The van der Waals surface area contributed by atoms with Gasteiger partial charge in [-0.15, -0.1) is 0 Å². The Morgan fingerprint density at radius 2 is 0.959 bits per heavy atom. The molecule has 0 N–H and O–H groups in total. The molecule has 10 rings (SSSR count). The summed E-state index contributed by atoms with van der Waals surface area (Å²) >= 11 is 0. The normalized spacial score (nSPS) is 11.7. The Kier molecular flexibility index (Phi) is 6.18. The average molecular weight is 624 g/mol. The SMILES string of the molecule is c1ccc(-c2nc(-c3ccccc3-n3c4ccccc4c4ccccc43)cc(-c3c4ccccc4cc4ccc5ccccc5c34)n2)cc1. The maximum Gasteiger partial charge on any atom is 0.160 e. The Hall–Kier alpha value is -6.58. The number of aromatic nitrogens is 3. The summed E-state index contributed by atoms with van der Waals surface area (Å²) in [5, 5.41) is 9.65. The number of nitrogens with zero attached hydrogens (tertiary/aromatic N) is 3. The Bertz CT molecular complexity index is 2830. The van der Waals surface area contributed by atoms with Crippen molar-refractivity contribution in [1.82, 2.24) is 14.5 Å². The molecule has 0 aliphatic carbocycles. The molecule has 0 saturated carbocycles. The lowest BCUT2D eigenvalue weighted by molar-refractivity contribution is 1.15. The van der Waals surface area contributed by atoms with Gasteiger partial charge in [0.15, 0.2) is 5.82 Å². The lowest BCUT2D eigenvalue weighted by Crippen LogP contribution is -2.01. The Morgan fingerprint density at radius 1 is 0.388 bits per heavy atom. The first-order valence-corrected chi connectivity index (χ1v) is 16.7. The van der Waals surface area contributed by atoms with Crippen molar-refractivity contribution in [2.24, 2.45) is 0 Å². The summed E-state index contributed by atoms with van der Waals surface area (Å²) in [5.74, 6) is 0.700. The number of para-hydroxylation sites is 3. The zero-order valence-electron chi connectivity index (χ0n) is 26.6. The zero-order chi connectivity index (χ0) is 32.3. The van der Waals surface area contributed by atoms with E-state index in [9.17, 15) is 0 Å². The van der Waals surface area contributed by atoms with Crippen LogP contribution in [0.25, 0.3) is 93.7 Å². The Labute approximate surface area is 283 Å². The minimum atomic E-state index is 0.700. The summed E-state index contributed by atoms with van der Waals surface area (Å²) in [6.45, 7) is 0. The maximum atomic E-state index is 5.38. The first kappa shape index (κ1) is 27.5. The van der Waals surface area contributed by atoms with Gasteiger partial charge in [0.25, 0.3) is 0 Å². The van der Waals surface area contributed by atoms with Crippen molar-refractivity contribution in [3.05, 3.63) is 176 Å². The van der Waals surface area contributed by atoms with E-state index in [1.807, 2.05) is 6.07 Å². The number of hydrogen-bond donors (Lipinski definition) is 0. The molecule has 8 aromatic carbocycles. The number of fused-ring (bicyclic) bond motifs is 7. The highest BCUT2D eigenvalue weighted by molar-refractivity contribution is 6.21. The third-order valence-electron chi connectivity index (χ3n) is 9.77. The van der Waals surface area contributed by atoms with Crippen LogP contribution in [-0.4, -0.2) is 14.5 Å². The largest absolute Gasteiger partial charge is 0.309 e. The minimum absolute atomic E-state index is 0.700. The van der Waals surface area contributed by atoms with Crippen molar-refractivity contribution < 1.29 is 0 Å². The molecule has 10 aromatic rings. The monoisotopic (exact) mass is 623 g/mol. The third-order valence-corrected chi connectivity index (χ3v) is 9.77. The first-order chi connectivity index (χ1) is 24.3. The quantitative estimate of drug-likeness (QED) is 0.144. The van der Waals surface area contributed by atoms with Gasteiger partial charge in [-0.05, 0) is 62.6 Å². The molecule has 0 spiro atoms. The maximum absolute atomic E-state index is 5.38. The smallest absolute Gasteiger partial charge is 0.160 e. The fourth-order valence-corrected chi connectivity index (χ4v) is 7.60. The van der Waals surface area contributed by atoms with Gasteiger partial charge in [-0.1, -0.05) is 146 Å². The van der Waals surface area contributed by atoms with E-state index < -0.39 is 0 Å². The summed E-state index contributed by atoms with van der Waals surface area (Å²) in [5.41, 5.74) is 8.34. The Morgan fingerprint density at radius 3 is 1.73 bits per heavy atom. The van der Waals surface area contributed by atoms with Crippen LogP contribution in [-0.2, 0) is 0 Å². The van der Waals surface area contributed by atoms with Crippen LogP contribution in [0.15, 0.2) is 176 Å². The van der Waals surface area contributed by atoms with Gasteiger partial charge < -0.3 is 4.57 Å². The van der Waals surface area contributed by atoms with Crippen LogP contribution in [0.4, 0.5) is 0 Å². The predicted octanol–water partition coefficient (Wildman–Crippen LogP) is 12.0. The molecule has 2 heterocycles. The molecule has 3 heteroatoms. The van der Waals surface area contributed by atoms with E-state index in [-0.39, 0.29) is 0 Å². The highest BCUT2D eigenvalue weighted by Crippen LogP contribution is 2.42. The van der Waals surface area contributed by atoms with Crippen molar-refractivity contribution in [2.45, 2.75) is 0 Å². The molecule has 0 atom stereocenters. The van der Waals surface area contributed by atoms with E-state index in [2.05, 4.69) is 174 Å². The van der Waals surface area contributed by atoms with Gasteiger partial charge in [0.1, 0.15) is 0 Å². The second-order valence-corrected chi connectivity index (χ2v) is 12.6. The minimum Gasteiger partial charge on any atom is -0.309 e. The van der Waals surface area contributed by atoms with Crippen LogP contribution in [0.2, 0.25) is 0 Å². The number of benzene rings is 8. The molecule has 0 saturated heterocycles. The van der Waals surface area contributed by atoms with Crippen molar-refractivity contribution in [3.63, 3.8) is 0 Å². The van der Waals surface area contributed by atoms with E-state index in [1.165, 1.54) is 54.1 Å². The molecule has 0 aliphatic heterocycles. The van der Waals surface area contributed by atoms with Crippen molar-refractivity contribution in [3.8, 4) is 39.6 Å². The second kappa shape index (κ2) is 11.0. The molecule has 0 fully saturated rings. The van der Waals surface area contributed by atoms with E-state index in [0.717, 1.165) is 33.8 Å². The molecular weight excluding hydrogens is 595 g/mol. The molecule has 0 amide bonds. The van der Waals surface area contributed by atoms with Crippen LogP contribution in [0, 0.1) is 0 Å². The van der Waals surface area contributed by atoms with Gasteiger partial charge in [-0.25, -0.2) is 9.97 Å². The topological polar surface area (TPSA) is 30.7 Å². The molecule has 3 nitrogen and oxygen atoms in total. The standard InChI is InChI=1S/C46H29N3/c1-2-15-31(16-3-1)46-47-39(38-22-10-13-25-43(38)49-41-23-11-8-20-36(41)37-21-9-12-24-42(37)49)29-40(48-46)45-35-19-7-5-17-32(35)28-33-27-26-30-14-4-6-18-34(30)44(33)45/h1-29H. The fraction of sp³-hybridized carbons (Fsp3) is 0. The van der Waals surface area contributed by atoms with Crippen molar-refractivity contribution in [2.75, 3.05) is 0 Å². The molecule has 228 valence electrons. The van der Waals surface area contributed by atoms with Crippen LogP contribution < -0.4 is 0 Å². The lowest BCUT2D eigenvalue weighted by atomic mass is 9.90. The second-order valence-electron chi connectivity index (χ2n) is 12.6. The van der Waals surface area contributed by atoms with Gasteiger partial charge in [0, 0.05) is 27.5 Å². The highest BCUT2D eigenvalue weighted by atomic mass is 15.0. The highest BCUT2D eigenvalue weighted by Gasteiger charge is 2.20. The molecule has 2 aromatic heterocycles. The summed E-state index contributed by atoms with van der Waals surface area (Å²) in [7, 11) is 0. The summed E-state index contributed by atoms with van der Waals surface area (Å²) < 4.78 is 2.38. The predicted molar refractivity (Wildman–Crippen MR) is 205 cm³/mol. The third kappa shape index (κ3) is 4.37. The summed E-state index contributed by atoms with van der Waals surface area (Å²) in [6, 6.07) is 62.6. The molecule has 49 heavy (non-hydrogen) atoms. The van der Waals surface area contributed by atoms with Crippen molar-refractivity contribution >= 4 is 54.1 Å². The fourth-order valence-electron chi connectivity index (χ4n) is 7.60. The van der Waals surface area contributed by atoms with Crippen LogP contribution >= 0.6 is 0 Å². The van der Waals surface area contributed by atoms with E-state index in [4.69, 9.17) is 9.97 Å². The summed E-state index contributed by atoms with van der Waals surface area (Å²) in [4.78, 5) is 10.7. The summed E-state index contributed by atoms with van der Waals surface area (Å²) in [6.07, 6.45) is 0. The van der Waals surface area contributed by atoms with Gasteiger partial charge in [-0.3, -0.25) is 0 Å². The lowest BCUT2D eigenvalue weighted by Gasteiger charge is -2.17. The average Bonchev–Trinajstić information content (AvgIpc) is 3.51. The van der Waals surface area contributed by atoms with Gasteiger partial charge in [0.05, 0.1) is 28.1 Å². The van der Waals surface area contributed by atoms with Gasteiger partial charge >= 0.3 is 0 Å². The van der Waals surface area contributed by atoms with Gasteiger partial charge in [0.2, 0.25) is 0 Å². The molecule has 0 bridgehead atoms. The molecule has 0 radical (unpaired) electrons. The van der Waals surface area contributed by atoms with E-state index in [1.54, 1.807) is 0 Å². The van der Waals surface area contributed by atoms with E-state index >= 15 is 0 Å². The zero-order valence-corrected chi connectivity index (χ0v) is 26.6. The van der Waals surface area contributed by atoms with E-state index in [0.29, 0.717) is 5.82 Å². The Balaban J connectivity index is 1.32. The van der Waals surface area contributed by atoms with Gasteiger partial charge in [-0.2, -0.15) is 0 Å². The molecule has 0 unspecified atom stereocenters. The first-order valence-electron chi connectivity index (χ1n) is 16.7. The number of rotatable bonds is 4. The number of hydrogen-bond acceptors (Lipinski definition) is 2. The molecule has 0 aliphatic rings. The molecular formula is C46H29N3. The van der Waals surface area contributed by atoms with Crippen LogP contribution in [0.3, 0.4) is 0 Å². The van der Waals surface area contributed by atoms with Crippen molar-refractivity contribution in [1.29, 1.82) is 0 Å². The van der Waals surface area contributed by atoms with Crippen LogP contribution in [0.1, 0.15) is 0 Å².